The minimum Gasteiger partial charge on any atom is -0.741 e. The predicted molar refractivity (Wildman–Crippen MR) is 120 cm³/mol. The SMILES string of the molecule is Cc1c(C)[n+](C)c(SCC(=O)CCCC(=O)Oc2ccc([N+](=O)[O-])cc2)n1C.O=S(=O)([O-])C(F)(F)F. The maximum Gasteiger partial charge on any atom is 0.485 e. The number of aromatic nitrogens is 2. The molecule has 2 aromatic rings. The Hall–Kier alpha value is -2.98. The number of hydrogen-bond acceptors (Lipinski definition) is 9. The molecule has 0 spiro atoms. The third-order valence-electron chi connectivity index (χ3n) is 4.87. The quantitative estimate of drug-likeness (QED) is 0.0664. The molecule has 0 aliphatic carbocycles. The van der Waals surface area contributed by atoms with Crippen molar-refractivity contribution < 1.29 is 50.0 Å². The van der Waals surface area contributed by atoms with E-state index in [-0.39, 0.29) is 23.6 Å². The summed E-state index contributed by atoms with van der Waals surface area (Å²) >= 11 is 1.49. The summed E-state index contributed by atoms with van der Waals surface area (Å²) in [7, 11) is -2.14. The molecule has 0 aliphatic heterocycles. The van der Waals surface area contributed by atoms with E-state index in [9.17, 15) is 32.9 Å². The van der Waals surface area contributed by atoms with E-state index in [1.165, 1.54) is 36.0 Å². The lowest BCUT2D eigenvalue weighted by Crippen LogP contribution is -2.32. The van der Waals surface area contributed by atoms with E-state index in [4.69, 9.17) is 17.7 Å². The van der Waals surface area contributed by atoms with Crippen molar-refractivity contribution in [2.45, 2.75) is 43.8 Å². The first-order valence-electron chi connectivity index (χ1n) is 10.1. The number of thioether (sulfide) groups is 1. The van der Waals surface area contributed by atoms with Crippen LogP contribution in [0.3, 0.4) is 0 Å². The standard InChI is InChI=1S/C19H24N3O5S.CHF3O3S/c1-13-14(2)21(4)19(20(13)3)28-12-16(23)6-5-7-18(24)27-17-10-8-15(9-11-17)22(25)26;2-1(3,4)8(5,6)7/h8-11H,5-7,12H2,1-4H3;(H,5,6,7)/q+1;/p-1. The Morgan fingerprint density at radius 2 is 1.69 bits per heavy atom. The Morgan fingerprint density at radius 3 is 2.11 bits per heavy atom. The summed E-state index contributed by atoms with van der Waals surface area (Å²) in [6.45, 7) is 4.08. The van der Waals surface area contributed by atoms with Crippen LogP contribution in [0.5, 0.6) is 5.75 Å². The van der Waals surface area contributed by atoms with Gasteiger partial charge in [0.2, 0.25) is 0 Å². The summed E-state index contributed by atoms with van der Waals surface area (Å²) in [6, 6.07) is 5.30. The minimum absolute atomic E-state index is 0.0695. The Morgan fingerprint density at radius 1 is 1.17 bits per heavy atom. The molecule has 0 saturated carbocycles. The van der Waals surface area contributed by atoms with E-state index in [0.29, 0.717) is 18.6 Å². The Bertz CT molecular complexity index is 1180. The number of nitro groups is 1. The van der Waals surface area contributed by atoms with Crippen LogP contribution in [0.2, 0.25) is 0 Å². The zero-order chi connectivity index (χ0) is 27.8. The van der Waals surface area contributed by atoms with E-state index in [1.807, 2.05) is 27.9 Å². The smallest absolute Gasteiger partial charge is 0.485 e. The van der Waals surface area contributed by atoms with E-state index >= 15 is 0 Å². The first-order valence-corrected chi connectivity index (χ1v) is 12.5. The van der Waals surface area contributed by atoms with Crippen molar-refractivity contribution in [3.63, 3.8) is 0 Å². The van der Waals surface area contributed by atoms with E-state index in [1.54, 1.807) is 0 Å². The number of ketones is 1. The Labute approximate surface area is 209 Å². The highest BCUT2D eigenvalue weighted by Gasteiger charge is 2.36. The number of nitro benzene ring substituents is 1. The molecule has 1 aromatic heterocycles. The van der Waals surface area contributed by atoms with Crippen molar-refractivity contribution in [3.8, 4) is 5.75 Å². The van der Waals surface area contributed by atoms with E-state index < -0.39 is 26.5 Å². The molecular weight excluding hydrogens is 531 g/mol. The molecule has 0 atom stereocenters. The highest BCUT2D eigenvalue weighted by atomic mass is 32.2. The van der Waals surface area contributed by atoms with Crippen LogP contribution in [0.4, 0.5) is 18.9 Å². The predicted octanol–water partition coefficient (Wildman–Crippen LogP) is 2.86. The van der Waals surface area contributed by atoms with Gasteiger partial charge in [-0.1, -0.05) is 0 Å². The number of carbonyl (C=O) groups excluding carboxylic acids is 2. The fraction of sp³-hybridized carbons (Fsp3) is 0.450. The number of nitrogens with zero attached hydrogens (tertiary/aromatic N) is 3. The average Bonchev–Trinajstić information content (AvgIpc) is 2.94. The molecule has 200 valence electrons. The number of alkyl halides is 3. The number of non-ortho nitro benzene ring substituents is 1. The lowest BCUT2D eigenvalue weighted by atomic mass is 10.2. The molecular formula is C20H24F3N3O8S2. The monoisotopic (exact) mass is 555 g/mol. The van der Waals surface area contributed by atoms with E-state index in [0.717, 1.165) is 16.5 Å². The number of esters is 1. The molecule has 11 nitrogen and oxygen atoms in total. The van der Waals surface area contributed by atoms with Crippen LogP contribution in [-0.4, -0.2) is 45.5 Å². The van der Waals surface area contributed by atoms with Crippen LogP contribution in [0.1, 0.15) is 30.7 Å². The van der Waals surface area contributed by atoms with Gasteiger partial charge in [0.15, 0.2) is 10.1 Å². The summed E-state index contributed by atoms with van der Waals surface area (Å²) in [6.07, 6.45) is 0.820. The van der Waals surface area contributed by atoms with Crippen LogP contribution in [0.15, 0.2) is 29.4 Å². The van der Waals surface area contributed by atoms with Gasteiger partial charge in [-0.3, -0.25) is 19.7 Å². The summed E-state index contributed by atoms with van der Waals surface area (Å²) in [5.74, 6) is 0.209. The van der Waals surface area contributed by atoms with Gasteiger partial charge in [-0.25, -0.2) is 17.6 Å². The molecule has 16 heteroatoms. The molecule has 0 saturated heterocycles. The van der Waals surface area contributed by atoms with Crippen molar-refractivity contribution >= 4 is 39.3 Å². The van der Waals surface area contributed by atoms with Crippen molar-refractivity contribution in [2.24, 2.45) is 14.1 Å². The fourth-order valence-corrected chi connectivity index (χ4v) is 3.75. The third-order valence-corrected chi connectivity index (χ3v) is 6.70. The first kappa shape index (κ1) is 31.1. The van der Waals surface area contributed by atoms with Crippen LogP contribution < -0.4 is 9.30 Å². The second-order valence-corrected chi connectivity index (χ2v) is 9.69. The minimum atomic E-state index is -6.09. The maximum atomic E-state index is 12.1. The maximum absolute atomic E-state index is 12.1. The summed E-state index contributed by atoms with van der Waals surface area (Å²) in [4.78, 5) is 34.0. The zero-order valence-corrected chi connectivity index (χ0v) is 21.3. The molecule has 0 aliphatic rings. The number of carbonyl (C=O) groups is 2. The fourth-order valence-electron chi connectivity index (χ4n) is 2.66. The van der Waals surface area contributed by atoms with Gasteiger partial charge < -0.3 is 9.29 Å². The third kappa shape index (κ3) is 9.23. The second-order valence-electron chi connectivity index (χ2n) is 7.38. The topological polar surface area (TPSA) is 153 Å². The highest BCUT2D eigenvalue weighted by molar-refractivity contribution is 7.99. The summed E-state index contributed by atoms with van der Waals surface area (Å²) < 4.78 is 68.2. The molecule has 0 unspecified atom stereocenters. The molecule has 2 rings (SSSR count). The van der Waals surface area contributed by atoms with Gasteiger partial charge in [0.05, 0.1) is 24.8 Å². The Balaban J connectivity index is 0.000000697. The van der Waals surface area contributed by atoms with Crippen molar-refractivity contribution in [2.75, 3.05) is 5.75 Å². The van der Waals surface area contributed by atoms with Crippen LogP contribution >= 0.6 is 11.8 Å². The van der Waals surface area contributed by atoms with Crippen molar-refractivity contribution in [3.05, 3.63) is 45.8 Å². The van der Waals surface area contributed by atoms with Crippen LogP contribution in [0, 0.1) is 24.0 Å². The number of imidazole rings is 1. The Kier molecular flexibility index (Phi) is 11.1. The van der Waals surface area contributed by atoms with Crippen LogP contribution in [-0.2, 0) is 33.8 Å². The normalized spacial score (nSPS) is 11.4. The van der Waals surface area contributed by atoms with Gasteiger partial charge in [-0.05, 0) is 30.3 Å². The molecule has 36 heavy (non-hydrogen) atoms. The number of Topliss-reactive ketones (excluding diaryl/α,β-unsaturated/α-hetero) is 1. The zero-order valence-electron chi connectivity index (χ0n) is 19.7. The summed E-state index contributed by atoms with van der Waals surface area (Å²) in [5.41, 5.74) is -3.40. The number of benzene rings is 1. The number of hydrogen-bond donors (Lipinski definition) is 0. The molecule has 0 N–H and O–H groups in total. The lowest BCUT2D eigenvalue weighted by molar-refractivity contribution is -0.715. The lowest BCUT2D eigenvalue weighted by Gasteiger charge is -2.08. The molecule has 0 radical (unpaired) electrons. The van der Waals surface area contributed by atoms with Crippen LogP contribution in [0.25, 0.3) is 0 Å². The molecule has 0 bridgehead atoms. The van der Waals surface area contributed by atoms with Gasteiger partial charge in [0.25, 0.3) is 5.69 Å². The molecule has 1 heterocycles. The first-order chi connectivity index (χ1) is 16.5. The highest BCUT2D eigenvalue weighted by Crippen LogP contribution is 2.21. The van der Waals surface area contributed by atoms with Gasteiger partial charge in [-0.2, -0.15) is 13.2 Å². The van der Waals surface area contributed by atoms with Gasteiger partial charge >= 0.3 is 16.6 Å². The second kappa shape index (κ2) is 12.8. The van der Waals surface area contributed by atoms with Crippen molar-refractivity contribution in [1.82, 2.24) is 4.57 Å². The average molecular weight is 556 g/mol. The number of halogens is 3. The molecule has 0 fully saturated rings. The summed E-state index contributed by atoms with van der Waals surface area (Å²) in [5, 5.41) is 11.6. The van der Waals surface area contributed by atoms with Gasteiger partial charge in [-0.15, -0.1) is 0 Å². The largest absolute Gasteiger partial charge is 0.741 e. The van der Waals surface area contributed by atoms with E-state index in [2.05, 4.69) is 9.13 Å². The van der Waals surface area contributed by atoms with Gasteiger partial charge in [0, 0.05) is 38.8 Å². The number of ether oxygens (including phenoxy) is 1. The molecule has 0 amide bonds. The van der Waals surface area contributed by atoms with Gasteiger partial charge in [0.1, 0.15) is 22.9 Å². The number of rotatable bonds is 9. The molecule has 1 aromatic carbocycles. The van der Waals surface area contributed by atoms with Crippen molar-refractivity contribution in [1.29, 1.82) is 0 Å².